The van der Waals surface area contributed by atoms with Crippen LogP contribution in [0.5, 0.6) is 11.5 Å². The molecule has 1 saturated carbocycles. The van der Waals surface area contributed by atoms with E-state index in [1.54, 1.807) is 6.07 Å². The van der Waals surface area contributed by atoms with Crippen LogP contribution in [0.4, 0.5) is 0 Å². The SMILES string of the molecule is C/C=C/N1CC[C@]23c4c5ccc(OC(=O)Cc6ccccc6)c4O[C@H]2C(=O)CC[C@@]3(O)C1C5. The van der Waals surface area contributed by atoms with Crippen LogP contribution in [0.25, 0.3) is 0 Å². The van der Waals surface area contributed by atoms with E-state index >= 15 is 0 Å². The van der Waals surface area contributed by atoms with E-state index in [0.29, 0.717) is 30.8 Å². The van der Waals surface area contributed by atoms with Crippen LogP contribution >= 0.6 is 0 Å². The second kappa shape index (κ2) is 7.19. The Morgan fingerprint density at radius 3 is 2.85 bits per heavy atom. The van der Waals surface area contributed by atoms with Crippen molar-refractivity contribution < 1.29 is 24.2 Å². The van der Waals surface area contributed by atoms with Crippen molar-refractivity contribution in [3.05, 3.63) is 71.4 Å². The molecule has 1 N–H and O–H groups in total. The largest absolute Gasteiger partial charge is 0.477 e. The van der Waals surface area contributed by atoms with Crippen molar-refractivity contribution in [2.45, 2.75) is 62.2 Å². The molecule has 2 aromatic rings. The highest BCUT2D eigenvalue weighted by atomic mass is 16.6. The molecule has 2 bridgehead atoms. The number of allylic oxidation sites excluding steroid dienone is 1. The summed E-state index contributed by atoms with van der Waals surface area (Å²) < 4.78 is 12.1. The lowest BCUT2D eigenvalue weighted by atomic mass is 9.49. The van der Waals surface area contributed by atoms with E-state index in [0.717, 1.165) is 23.2 Å². The fourth-order valence-electron chi connectivity index (χ4n) is 6.72. The highest BCUT2D eigenvalue weighted by Gasteiger charge is 2.73. The Morgan fingerprint density at radius 1 is 1.24 bits per heavy atom. The average molecular weight is 446 g/mol. The molecule has 0 aromatic heterocycles. The first-order valence-electron chi connectivity index (χ1n) is 11.7. The molecular weight excluding hydrogens is 418 g/mol. The number of hydrogen-bond acceptors (Lipinski definition) is 6. The van der Waals surface area contributed by atoms with Crippen LogP contribution in [-0.2, 0) is 27.8 Å². The van der Waals surface area contributed by atoms with Gasteiger partial charge in [-0.05, 0) is 49.6 Å². The molecule has 1 spiro atoms. The van der Waals surface area contributed by atoms with Crippen molar-refractivity contribution in [2.24, 2.45) is 0 Å². The lowest BCUT2D eigenvalue weighted by Gasteiger charge is -2.62. The molecule has 2 aromatic carbocycles. The molecule has 170 valence electrons. The number of hydrogen-bond donors (Lipinski definition) is 1. The molecule has 2 fully saturated rings. The number of carbonyl (C=O) groups is 2. The Kier molecular flexibility index (Phi) is 4.46. The van der Waals surface area contributed by atoms with Crippen molar-refractivity contribution in [3.63, 3.8) is 0 Å². The van der Waals surface area contributed by atoms with Gasteiger partial charge in [0.2, 0.25) is 0 Å². The smallest absolute Gasteiger partial charge is 0.315 e. The molecule has 1 saturated heterocycles. The van der Waals surface area contributed by atoms with Gasteiger partial charge in [-0.3, -0.25) is 9.59 Å². The van der Waals surface area contributed by atoms with Crippen LogP contribution in [0.15, 0.2) is 54.7 Å². The fourth-order valence-corrected chi connectivity index (χ4v) is 6.72. The van der Waals surface area contributed by atoms with E-state index in [9.17, 15) is 14.7 Å². The summed E-state index contributed by atoms with van der Waals surface area (Å²) in [5, 5.41) is 12.2. The molecule has 0 radical (unpaired) electrons. The van der Waals surface area contributed by atoms with Gasteiger partial charge in [-0.2, -0.15) is 0 Å². The minimum atomic E-state index is -1.08. The molecule has 6 rings (SSSR count). The number of nitrogens with zero attached hydrogens (tertiary/aromatic N) is 1. The zero-order chi connectivity index (χ0) is 22.8. The predicted molar refractivity (Wildman–Crippen MR) is 121 cm³/mol. The maximum absolute atomic E-state index is 13.1. The summed E-state index contributed by atoms with van der Waals surface area (Å²) in [5.41, 5.74) is 0.941. The highest BCUT2D eigenvalue weighted by molar-refractivity contribution is 5.90. The minimum Gasteiger partial charge on any atom is -0.477 e. The van der Waals surface area contributed by atoms with E-state index in [1.165, 1.54) is 0 Å². The number of carbonyl (C=O) groups excluding carboxylic acids is 2. The van der Waals surface area contributed by atoms with Crippen LogP contribution in [0.2, 0.25) is 0 Å². The number of rotatable bonds is 4. The molecule has 6 nitrogen and oxygen atoms in total. The third-order valence-corrected chi connectivity index (χ3v) is 8.04. The topological polar surface area (TPSA) is 76.1 Å². The van der Waals surface area contributed by atoms with Gasteiger partial charge in [0, 0.05) is 18.5 Å². The van der Waals surface area contributed by atoms with Gasteiger partial charge in [0.05, 0.1) is 23.5 Å². The molecule has 0 amide bonds. The van der Waals surface area contributed by atoms with E-state index in [4.69, 9.17) is 9.47 Å². The van der Waals surface area contributed by atoms with E-state index in [-0.39, 0.29) is 30.6 Å². The summed E-state index contributed by atoms with van der Waals surface area (Å²) in [6, 6.07) is 13.1. The van der Waals surface area contributed by atoms with E-state index < -0.39 is 17.1 Å². The average Bonchev–Trinajstić information content (AvgIpc) is 3.16. The number of likely N-dealkylation sites (tertiary alicyclic amines) is 1. The summed E-state index contributed by atoms with van der Waals surface area (Å²) in [6.07, 6.45) is 5.42. The monoisotopic (exact) mass is 445 g/mol. The number of aliphatic hydroxyl groups is 1. The van der Waals surface area contributed by atoms with Crippen LogP contribution < -0.4 is 9.47 Å². The van der Waals surface area contributed by atoms with Gasteiger partial charge in [-0.15, -0.1) is 0 Å². The quantitative estimate of drug-likeness (QED) is 0.576. The zero-order valence-corrected chi connectivity index (χ0v) is 18.6. The first-order valence-corrected chi connectivity index (χ1v) is 11.7. The van der Waals surface area contributed by atoms with Crippen molar-refractivity contribution in [3.8, 4) is 11.5 Å². The van der Waals surface area contributed by atoms with Gasteiger partial charge in [-0.25, -0.2) is 0 Å². The van der Waals surface area contributed by atoms with Gasteiger partial charge in [-0.1, -0.05) is 42.5 Å². The normalized spacial score (nSPS) is 31.3. The first kappa shape index (κ1) is 20.5. The maximum Gasteiger partial charge on any atom is 0.315 e. The second-order valence-electron chi connectivity index (χ2n) is 9.61. The Morgan fingerprint density at radius 2 is 2.06 bits per heavy atom. The Balaban J connectivity index is 1.43. The zero-order valence-electron chi connectivity index (χ0n) is 18.6. The minimum absolute atomic E-state index is 0.0171. The second-order valence-corrected chi connectivity index (χ2v) is 9.61. The number of ether oxygens (including phenoxy) is 2. The molecule has 6 heteroatoms. The number of Topliss-reactive ketones (excluding diaryl/α,β-unsaturated/α-hetero) is 1. The molecule has 4 aliphatic rings. The summed E-state index contributed by atoms with van der Waals surface area (Å²) in [7, 11) is 0. The highest BCUT2D eigenvalue weighted by Crippen LogP contribution is 2.64. The Bertz CT molecular complexity index is 1170. The molecule has 2 aliphatic carbocycles. The summed E-state index contributed by atoms with van der Waals surface area (Å²) in [5.74, 6) is 0.434. The standard InChI is InChI=1S/C27H27NO5/c1-2-13-28-14-12-26-23-18-8-9-20(32-22(30)15-17-6-4-3-5-7-17)24(23)33-25(26)19(29)10-11-27(26,31)21(28)16-18/h2-9,13,21,25,31H,10-12,14-16H2,1H3/b13-2+/t21?,25-,26-,27+/m0/s1. The van der Waals surface area contributed by atoms with E-state index in [1.807, 2.05) is 55.6 Å². The fraction of sp³-hybridized carbons (Fsp3) is 0.407. The number of esters is 1. The lowest BCUT2D eigenvalue weighted by molar-refractivity contribution is -0.182. The van der Waals surface area contributed by atoms with Crippen molar-refractivity contribution >= 4 is 11.8 Å². The van der Waals surface area contributed by atoms with Gasteiger partial charge >= 0.3 is 5.97 Å². The van der Waals surface area contributed by atoms with Crippen molar-refractivity contribution in [1.82, 2.24) is 4.90 Å². The Labute approximate surface area is 192 Å². The first-order chi connectivity index (χ1) is 16.0. The van der Waals surface area contributed by atoms with Crippen LogP contribution in [0, 0.1) is 0 Å². The van der Waals surface area contributed by atoms with Gasteiger partial charge < -0.3 is 19.5 Å². The summed E-state index contributed by atoms with van der Waals surface area (Å²) in [4.78, 5) is 28.0. The van der Waals surface area contributed by atoms with Crippen molar-refractivity contribution in [1.29, 1.82) is 0 Å². The van der Waals surface area contributed by atoms with Crippen LogP contribution in [-0.4, -0.2) is 46.1 Å². The van der Waals surface area contributed by atoms with Gasteiger partial charge in [0.15, 0.2) is 23.4 Å². The van der Waals surface area contributed by atoms with Gasteiger partial charge in [0.25, 0.3) is 0 Å². The third-order valence-electron chi connectivity index (χ3n) is 8.04. The molecule has 33 heavy (non-hydrogen) atoms. The summed E-state index contributed by atoms with van der Waals surface area (Å²) in [6.45, 7) is 2.71. The molecule has 2 heterocycles. The number of ketones is 1. The lowest BCUT2D eigenvalue weighted by Crippen LogP contribution is -2.75. The molecular formula is C27H27NO5. The number of benzene rings is 2. The molecule has 2 aliphatic heterocycles. The van der Waals surface area contributed by atoms with Crippen LogP contribution in [0.1, 0.15) is 42.9 Å². The van der Waals surface area contributed by atoms with Gasteiger partial charge in [0.1, 0.15) is 0 Å². The number of piperidine rings is 1. The summed E-state index contributed by atoms with van der Waals surface area (Å²) >= 11 is 0. The maximum atomic E-state index is 13.1. The van der Waals surface area contributed by atoms with Crippen molar-refractivity contribution in [2.75, 3.05) is 6.54 Å². The molecule has 4 atom stereocenters. The molecule has 1 unspecified atom stereocenters. The van der Waals surface area contributed by atoms with Crippen LogP contribution in [0.3, 0.4) is 0 Å². The Hall–Kier alpha value is -3.12. The van der Waals surface area contributed by atoms with E-state index in [2.05, 4.69) is 4.90 Å². The predicted octanol–water partition coefficient (Wildman–Crippen LogP) is 3.09. The third kappa shape index (κ3) is 2.70.